The summed E-state index contributed by atoms with van der Waals surface area (Å²) in [6.07, 6.45) is 1.66. The molecule has 2 heterocycles. The zero-order valence-electron chi connectivity index (χ0n) is 11.1. The number of amides is 1. The Morgan fingerprint density at radius 2 is 2.32 bits per heavy atom. The van der Waals surface area contributed by atoms with Crippen LogP contribution in [0, 0.1) is 0 Å². The smallest absolute Gasteiger partial charge is 0.272 e. The molecule has 0 unspecified atom stereocenters. The number of rotatable bonds is 5. The molecular formula is C14H17N3OS. The van der Waals surface area contributed by atoms with E-state index in [9.17, 15) is 4.79 Å². The highest BCUT2D eigenvalue weighted by Crippen LogP contribution is 2.14. The summed E-state index contributed by atoms with van der Waals surface area (Å²) in [5.74, 6) is -0.0619. The van der Waals surface area contributed by atoms with Crippen molar-refractivity contribution in [3.8, 4) is 0 Å². The second-order valence-corrected chi connectivity index (χ2v) is 5.23. The lowest BCUT2D eigenvalue weighted by Gasteiger charge is -2.16. The molecule has 0 aliphatic heterocycles. The first-order chi connectivity index (χ1) is 9.20. The van der Waals surface area contributed by atoms with Crippen LogP contribution < -0.4 is 5.32 Å². The van der Waals surface area contributed by atoms with Gasteiger partial charge >= 0.3 is 0 Å². The van der Waals surface area contributed by atoms with Crippen LogP contribution in [0.15, 0.2) is 35.8 Å². The average Bonchev–Trinajstić information content (AvgIpc) is 2.91. The van der Waals surface area contributed by atoms with Crippen LogP contribution in [0.1, 0.15) is 22.3 Å². The topological polar surface area (TPSA) is 45.2 Å². The molecule has 0 spiro atoms. The monoisotopic (exact) mass is 275 g/mol. The van der Waals surface area contributed by atoms with E-state index in [2.05, 4.69) is 10.3 Å². The van der Waals surface area contributed by atoms with Gasteiger partial charge in [-0.05, 0) is 30.5 Å². The lowest BCUT2D eigenvalue weighted by atomic mass is 10.3. The number of nitrogens with zero attached hydrogens (tertiary/aromatic N) is 2. The molecule has 0 atom stereocenters. The van der Waals surface area contributed by atoms with Gasteiger partial charge in [-0.15, -0.1) is 11.3 Å². The second-order valence-electron chi connectivity index (χ2n) is 4.20. The molecule has 0 aromatic carbocycles. The minimum atomic E-state index is -0.0619. The lowest BCUT2D eigenvalue weighted by molar-refractivity contribution is 0.0780. The number of carbonyl (C=O) groups excluding carboxylic acids is 1. The van der Waals surface area contributed by atoms with E-state index in [1.807, 2.05) is 30.5 Å². The zero-order valence-corrected chi connectivity index (χ0v) is 11.9. The first kappa shape index (κ1) is 13.5. The standard InChI is InChI=1S/C14H17N3OS/c1-3-15-11-6-7-16-13(9-11)14(18)17(2)10-12-5-4-8-19-12/h4-9H,3,10H2,1-2H3,(H,15,16). The van der Waals surface area contributed by atoms with Crippen LogP contribution in [0.2, 0.25) is 0 Å². The first-order valence-electron chi connectivity index (χ1n) is 6.18. The lowest BCUT2D eigenvalue weighted by Crippen LogP contribution is -2.26. The Balaban J connectivity index is 2.08. The van der Waals surface area contributed by atoms with E-state index >= 15 is 0 Å². The molecule has 5 heteroatoms. The van der Waals surface area contributed by atoms with Crippen LogP contribution in [0.3, 0.4) is 0 Å². The molecule has 4 nitrogen and oxygen atoms in total. The Kier molecular flexibility index (Phi) is 4.52. The van der Waals surface area contributed by atoms with Gasteiger partial charge in [-0.1, -0.05) is 6.07 Å². The average molecular weight is 275 g/mol. The van der Waals surface area contributed by atoms with Crippen molar-refractivity contribution in [3.63, 3.8) is 0 Å². The number of hydrogen-bond acceptors (Lipinski definition) is 4. The highest BCUT2D eigenvalue weighted by Gasteiger charge is 2.14. The predicted octanol–water partition coefficient (Wildman–Crippen LogP) is 2.85. The van der Waals surface area contributed by atoms with Crippen LogP contribution in [0.25, 0.3) is 0 Å². The summed E-state index contributed by atoms with van der Waals surface area (Å²) < 4.78 is 0. The molecular weight excluding hydrogens is 258 g/mol. The minimum Gasteiger partial charge on any atom is -0.385 e. The fourth-order valence-corrected chi connectivity index (χ4v) is 2.52. The maximum atomic E-state index is 12.3. The van der Waals surface area contributed by atoms with Gasteiger partial charge in [0.1, 0.15) is 5.69 Å². The summed E-state index contributed by atoms with van der Waals surface area (Å²) >= 11 is 1.65. The SMILES string of the molecule is CCNc1ccnc(C(=O)N(C)Cc2cccs2)c1. The third-order valence-electron chi connectivity index (χ3n) is 2.68. The summed E-state index contributed by atoms with van der Waals surface area (Å²) in [4.78, 5) is 19.3. The van der Waals surface area contributed by atoms with Gasteiger partial charge in [-0.2, -0.15) is 0 Å². The summed E-state index contributed by atoms with van der Waals surface area (Å²) in [5, 5.41) is 5.19. The molecule has 0 saturated carbocycles. The third kappa shape index (κ3) is 3.54. The summed E-state index contributed by atoms with van der Waals surface area (Å²) in [7, 11) is 1.80. The third-order valence-corrected chi connectivity index (χ3v) is 3.54. The van der Waals surface area contributed by atoms with E-state index in [1.165, 1.54) is 4.88 Å². The Bertz CT molecular complexity index is 539. The number of hydrogen-bond donors (Lipinski definition) is 1. The molecule has 0 bridgehead atoms. The second kappa shape index (κ2) is 6.33. The van der Waals surface area contributed by atoms with Gasteiger partial charge < -0.3 is 10.2 Å². The molecule has 0 aliphatic carbocycles. The molecule has 100 valence electrons. The van der Waals surface area contributed by atoms with Gasteiger partial charge in [-0.3, -0.25) is 9.78 Å². The van der Waals surface area contributed by atoms with E-state index in [0.29, 0.717) is 12.2 Å². The Labute approximate surface area is 117 Å². The summed E-state index contributed by atoms with van der Waals surface area (Å²) in [6.45, 7) is 3.46. The first-order valence-corrected chi connectivity index (χ1v) is 7.06. The molecule has 19 heavy (non-hydrogen) atoms. The van der Waals surface area contributed by atoms with Gasteiger partial charge in [0, 0.05) is 30.4 Å². The largest absolute Gasteiger partial charge is 0.385 e. The number of carbonyl (C=O) groups is 1. The van der Waals surface area contributed by atoms with Gasteiger partial charge in [0.2, 0.25) is 0 Å². The molecule has 0 aliphatic rings. The van der Waals surface area contributed by atoms with Crippen LogP contribution in [-0.4, -0.2) is 29.4 Å². The fourth-order valence-electron chi connectivity index (χ4n) is 1.77. The van der Waals surface area contributed by atoms with Gasteiger partial charge in [0.25, 0.3) is 5.91 Å². The van der Waals surface area contributed by atoms with Gasteiger partial charge in [0.15, 0.2) is 0 Å². The Morgan fingerprint density at radius 1 is 1.47 bits per heavy atom. The maximum Gasteiger partial charge on any atom is 0.272 e. The predicted molar refractivity (Wildman–Crippen MR) is 78.5 cm³/mol. The molecule has 2 aromatic rings. The van der Waals surface area contributed by atoms with Crippen molar-refractivity contribution in [2.24, 2.45) is 0 Å². The van der Waals surface area contributed by atoms with Gasteiger partial charge in [-0.25, -0.2) is 0 Å². The van der Waals surface area contributed by atoms with Crippen LogP contribution in [0.4, 0.5) is 5.69 Å². The van der Waals surface area contributed by atoms with Crippen molar-refractivity contribution in [3.05, 3.63) is 46.4 Å². The molecule has 2 rings (SSSR count). The fraction of sp³-hybridized carbons (Fsp3) is 0.286. The van der Waals surface area contributed by atoms with E-state index in [-0.39, 0.29) is 5.91 Å². The van der Waals surface area contributed by atoms with E-state index in [1.54, 1.807) is 35.5 Å². The Morgan fingerprint density at radius 3 is 3.00 bits per heavy atom. The van der Waals surface area contributed by atoms with E-state index < -0.39 is 0 Å². The van der Waals surface area contributed by atoms with Crippen molar-refractivity contribution >= 4 is 22.9 Å². The van der Waals surface area contributed by atoms with Crippen LogP contribution in [0.5, 0.6) is 0 Å². The maximum absolute atomic E-state index is 12.3. The highest BCUT2D eigenvalue weighted by molar-refractivity contribution is 7.09. The quantitative estimate of drug-likeness (QED) is 0.912. The normalized spacial score (nSPS) is 10.2. The molecule has 0 radical (unpaired) electrons. The zero-order chi connectivity index (χ0) is 13.7. The Hall–Kier alpha value is -1.88. The van der Waals surface area contributed by atoms with Crippen molar-refractivity contribution in [1.29, 1.82) is 0 Å². The number of pyridine rings is 1. The number of thiophene rings is 1. The molecule has 1 amide bonds. The van der Waals surface area contributed by atoms with Crippen molar-refractivity contribution in [2.45, 2.75) is 13.5 Å². The van der Waals surface area contributed by atoms with Crippen molar-refractivity contribution < 1.29 is 4.79 Å². The molecule has 1 N–H and O–H groups in total. The molecule has 2 aromatic heterocycles. The summed E-state index contributed by atoms with van der Waals surface area (Å²) in [5.41, 5.74) is 1.39. The highest BCUT2D eigenvalue weighted by atomic mass is 32.1. The van der Waals surface area contributed by atoms with E-state index in [4.69, 9.17) is 0 Å². The van der Waals surface area contributed by atoms with Crippen LogP contribution in [-0.2, 0) is 6.54 Å². The number of anilines is 1. The van der Waals surface area contributed by atoms with Gasteiger partial charge in [0.05, 0.1) is 6.54 Å². The molecule has 0 saturated heterocycles. The number of aromatic nitrogens is 1. The van der Waals surface area contributed by atoms with Crippen molar-refractivity contribution in [1.82, 2.24) is 9.88 Å². The minimum absolute atomic E-state index is 0.0619. The molecule has 0 fully saturated rings. The van der Waals surface area contributed by atoms with Crippen molar-refractivity contribution in [2.75, 3.05) is 18.9 Å². The van der Waals surface area contributed by atoms with E-state index in [0.717, 1.165) is 12.2 Å². The van der Waals surface area contributed by atoms with Crippen LogP contribution >= 0.6 is 11.3 Å². The summed E-state index contributed by atoms with van der Waals surface area (Å²) in [6, 6.07) is 7.66. The number of nitrogens with one attached hydrogen (secondary N) is 1.